The highest BCUT2D eigenvalue weighted by atomic mass is 35.5. The van der Waals surface area contributed by atoms with Gasteiger partial charge in [-0.1, -0.05) is 29.3 Å². The number of H-pyrrole nitrogens is 2. The molecule has 0 aliphatic heterocycles. The maximum Gasteiger partial charge on any atom is 0.325 e. The number of rotatable bonds is 4. The molecule has 1 amide bonds. The van der Waals surface area contributed by atoms with Crippen LogP contribution in [0.2, 0.25) is 10.0 Å². The summed E-state index contributed by atoms with van der Waals surface area (Å²) in [6.45, 7) is 1.54. The molecular formula is C14H12Cl2N4O3. The van der Waals surface area contributed by atoms with Gasteiger partial charge in [-0.15, -0.1) is 0 Å². The van der Waals surface area contributed by atoms with Crippen LogP contribution in [0.4, 0.5) is 0 Å². The van der Waals surface area contributed by atoms with Gasteiger partial charge >= 0.3 is 5.69 Å². The molecule has 9 heteroatoms. The van der Waals surface area contributed by atoms with Crippen LogP contribution in [-0.4, -0.2) is 22.1 Å². The van der Waals surface area contributed by atoms with Crippen LogP contribution in [0.25, 0.3) is 0 Å². The third-order valence-corrected chi connectivity index (χ3v) is 3.68. The Balaban J connectivity index is 2.03. The number of halogens is 2. The van der Waals surface area contributed by atoms with Crippen molar-refractivity contribution in [2.24, 2.45) is 5.10 Å². The smallest absolute Gasteiger partial charge is 0.311 e. The number of carbonyl (C=O) groups excluding carboxylic acids is 1. The fourth-order valence-electron chi connectivity index (χ4n) is 1.81. The number of aromatic amines is 2. The maximum absolute atomic E-state index is 11.8. The first-order chi connectivity index (χ1) is 10.9. The van der Waals surface area contributed by atoms with Crippen LogP contribution in [0, 0.1) is 6.92 Å². The molecule has 1 aromatic heterocycles. The number of hydrogen-bond donors (Lipinski definition) is 3. The van der Waals surface area contributed by atoms with E-state index in [1.54, 1.807) is 18.2 Å². The van der Waals surface area contributed by atoms with Gasteiger partial charge in [-0.25, -0.2) is 10.2 Å². The summed E-state index contributed by atoms with van der Waals surface area (Å²) < 4.78 is 0. The van der Waals surface area contributed by atoms with E-state index in [0.717, 1.165) is 0 Å². The van der Waals surface area contributed by atoms with E-state index in [1.807, 2.05) is 0 Å². The molecular weight excluding hydrogens is 343 g/mol. The number of benzene rings is 1. The van der Waals surface area contributed by atoms with Gasteiger partial charge in [0, 0.05) is 11.3 Å². The van der Waals surface area contributed by atoms with Crippen molar-refractivity contribution in [3.8, 4) is 0 Å². The lowest BCUT2D eigenvalue weighted by atomic mass is 10.1. The number of carbonyl (C=O) groups is 1. The fraction of sp³-hybridized carbons (Fsp3) is 0.143. The minimum atomic E-state index is -0.616. The summed E-state index contributed by atoms with van der Waals surface area (Å²) in [7, 11) is 0. The normalized spacial score (nSPS) is 10.9. The average molecular weight is 355 g/mol. The molecule has 120 valence electrons. The summed E-state index contributed by atoms with van der Waals surface area (Å²) in [5, 5.41) is 4.56. The molecule has 0 atom stereocenters. The lowest BCUT2D eigenvalue weighted by molar-refractivity contribution is -0.120. The van der Waals surface area contributed by atoms with Gasteiger partial charge in [-0.2, -0.15) is 5.10 Å². The summed E-state index contributed by atoms with van der Waals surface area (Å²) in [4.78, 5) is 39.0. The van der Waals surface area contributed by atoms with Gasteiger partial charge in [0.15, 0.2) is 0 Å². The molecule has 0 saturated carbocycles. The van der Waals surface area contributed by atoms with Gasteiger partial charge in [0.25, 0.3) is 5.56 Å². The Morgan fingerprint density at radius 2 is 2.00 bits per heavy atom. The third kappa shape index (κ3) is 4.54. The Bertz CT molecular complexity index is 886. The number of hydrazone groups is 1. The summed E-state index contributed by atoms with van der Waals surface area (Å²) in [6, 6.07) is 4.88. The first-order valence-corrected chi connectivity index (χ1v) is 7.21. The van der Waals surface area contributed by atoms with Gasteiger partial charge in [0.1, 0.15) is 0 Å². The van der Waals surface area contributed by atoms with Crippen molar-refractivity contribution in [1.29, 1.82) is 0 Å². The van der Waals surface area contributed by atoms with E-state index in [-0.39, 0.29) is 12.0 Å². The molecule has 2 rings (SSSR count). The monoisotopic (exact) mass is 354 g/mol. The molecule has 1 aromatic carbocycles. The van der Waals surface area contributed by atoms with E-state index in [4.69, 9.17) is 23.2 Å². The predicted molar refractivity (Wildman–Crippen MR) is 88.3 cm³/mol. The minimum Gasteiger partial charge on any atom is -0.311 e. The van der Waals surface area contributed by atoms with E-state index in [2.05, 4.69) is 20.5 Å². The summed E-state index contributed by atoms with van der Waals surface area (Å²) in [5.41, 5.74) is 2.23. The third-order valence-electron chi connectivity index (χ3n) is 2.94. The highest BCUT2D eigenvalue weighted by molar-refractivity contribution is 6.42. The minimum absolute atomic E-state index is 0.173. The molecule has 0 bridgehead atoms. The van der Waals surface area contributed by atoms with Gasteiger partial charge < -0.3 is 4.98 Å². The second-order valence-corrected chi connectivity index (χ2v) is 5.47. The summed E-state index contributed by atoms with van der Waals surface area (Å²) >= 11 is 11.7. The van der Waals surface area contributed by atoms with Crippen LogP contribution >= 0.6 is 23.2 Å². The Hall–Kier alpha value is -2.38. The van der Waals surface area contributed by atoms with Crippen molar-refractivity contribution in [1.82, 2.24) is 15.4 Å². The molecule has 0 fully saturated rings. The Morgan fingerprint density at radius 1 is 1.26 bits per heavy atom. The van der Waals surface area contributed by atoms with Crippen molar-refractivity contribution >= 4 is 35.3 Å². The maximum atomic E-state index is 11.8. The topological polar surface area (TPSA) is 107 Å². The molecule has 23 heavy (non-hydrogen) atoms. The lowest BCUT2D eigenvalue weighted by Gasteiger charge is -2.03. The van der Waals surface area contributed by atoms with Crippen molar-refractivity contribution in [2.45, 2.75) is 13.3 Å². The molecule has 0 unspecified atom stereocenters. The van der Waals surface area contributed by atoms with Crippen LogP contribution in [0.15, 0.2) is 32.9 Å². The summed E-state index contributed by atoms with van der Waals surface area (Å²) in [6.07, 6.45) is 1.18. The number of hydrogen-bond acceptors (Lipinski definition) is 4. The summed E-state index contributed by atoms with van der Waals surface area (Å²) in [5.74, 6) is -0.498. The Kier molecular flexibility index (Phi) is 5.36. The lowest BCUT2D eigenvalue weighted by Crippen LogP contribution is -2.30. The van der Waals surface area contributed by atoms with Gasteiger partial charge in [-0.05, 0) is 24.6 Å². The van der Waals surface area contributed by atoms with E-state index in [0.29, 0.717) is 21.3 Å². The van der Waals surface area contributed by atoms with E-state index < -0.39 is 17.2 Å². The molecule has 0 aliphatic rings. The molecule has 3 N–H and O–H groups in total. The zero-order valence-electron chi connectivity index (χ0n) is 11.9. The van der Waals surface area contributed by atoms with Crippen LogP contribution in [-0.2, 0) is 11.2 Å². The highest BCUT2D eigenvalue weighted by Crippen LogP contribution is 2.21. The molecule has 0 aliphatic carbocycles. The molecule has 1 heterocycles. The zero-order chi connectivity index (χ0) is 17.0. The largest absolute Gasteiger partial charge is 0.325 e. The molecule has 0 spiro atoms. The van der Waals surface area contributed by atoms with Gasteiger partial charge in [0.2, 0.25) is 5.91 Å². The second kappa shape index (κ2) is 7.26. The number of amides is 1. The zero-order valence-corrected chi connectivity index (χ0v) is 13.5. The fourth-order valence-corrected chi connectivity index (χ4v) is 2.12. The first kappa shape index (κ1) is 17.0. The van der Waals surface area contributed by atoms with Crippen LogP contribution < -0.4 is 16.7 Å². The molecule has 0 radical (unpaired) electrons. The van der Waals surface area contributed by atoms with Crippen molar-refractivity contribution in [3.05, 3.63) is 65.9 Å². The van der Waals surface area contributed by atoms with Gasteiger partial charge in [-0.3, -0.25) is 14.6 Å². The number of nitrogens with zero attached hydrogens (tertiary/aromatic N) is 1. The van der Waals surface area contributed by atoms with Crippen molar-refractivity contribution in [2.75, 3.05) is 0 Å². The Labute approximate surface area is 140 Å². The Morgan fingerprint density at radius 3 is 2.65 bits per heavy atom. The second-order valence-electron chi connectivity index (χ2n) is 4.66. The van der Waals surface area contributed by atoms with Crippen molar-refractivity contribution in [3.63, 3.8) is 0 Å². The quantitative estimate of drug-likeness (QED) is 0.569. The van der Waals surface area contributed by atoms with E-state index in [1.165, 1.54) is 13.1 Å². The first-order valence-electron chi connectivity index (χ1n) is 6.46. The van der Waals surface area contributed by atoms with Crippen molar-refractivity contribution < 1.29 is 4.79 Å². The molecule has 7 nitrogen and oxygen atoms in total. The SMILES string of the molecule is Cc1[nH]c(=O)[nH]c(=O)c1CC(=O)N/N=C\c1ccc(Cl)c(Cl)c1. The molecule has 0 saturated heterocycles. The van der Waals surface area contributed by atoms with Crippen LogP contribution in [0.1, 0.15) is 16.8 Å². The number of nitrogens with one attached hydrogen (secondary N) is 3. The standard InChI is InChI=1S/C14H12Cl2N4O3/c1-7-9(13(22)19-14(23)18-7)5-12(21)20-17-6-8-2-3-10(15)11(16)4-8/h2-4,6H,5H2,1H3,(H,20,21)(H2,18,19,22,23)/b17-6-. The van der Waals surface area contributed by atoms with Crippen LogP contribution in [0.5, 0.6) is 0 Å². The molecule has 2 aromatic rings. The highest BCUT2D eigenvalue weighted by Gasteiger charge is 2.10. The number of aromatic nitrogens is 2. The number of aryl methyl sites for hydroxylation is 1. The average Bonchev–Trinajstić information content (AvgIpc) is 2.46. The predicted octanol–water partition coefficient (Wildman–Crippen LogP) is 1.37. The van der Waals surface area contributed by atoms with E-state index in [9.17, 15) is 14.4 Å². The van der Waals surface area contributed by atoms with Gasteiger partial charge in [0.05, 0.1) is 22.7 Å². The van der Waals surface area contributed by atoms with Crippen LogP contribution in [0.3, 0.4) is 0 Å². The van der Waals surface area contributed by atoms with E-state index >= 15 is 0 Å².